The molecule has 3 N–H and O–H groups in total. The third kappa shape index (κ3) is 2.97. The SMILES string of the molecule is CC(N)c1nc(C(=O)Nc2cc(F)c(F)c(F)c2)cs1. The second kappa shape index (κ2) is 5.59. The van der Waals surface area contributed by atoms with E-state index in [1.165, 1.54) is 16.7 Å². The first-order chi connectivity index (χ1) is 9.38. The number of amides is 1. The van der Waals surface area contributed by atoms with E-state index in [9.17, 15) is 18.0 Å². The molecule has 4 nitrogen and oxygen atoms in total. The summed E-state index contributed by atoms with van der Waals surface area (Å²) < 4.78 is 38.8. The molecule has 8 heteroatoms. The van der Waals surface area contributed by atoms with Crippen molar-refractivity contribution in [3.05, 3.63) is 45.7 Å². The lowest BCUT2D eigenvalue weighted by atomic mass is 10.2. The average molecular weight is 301 g/mol. The highest BCUT2D eigenvalue weighted by atomic mass is 32.1. The molecule has 0 bridgehead atoms. The lowest BCUT2D eigenvalue weighted by Gasteiger charge is -2.04. The first kappa shape index (κ1) is 14.5. The van der Waals surface area contributed by atoms with Crippen LogP contribution in [0.3, 0.4) is 0 Å². The van der Waals surface area contributed by atoms with Gasteiger partial charge in [-0.3, -0.25) is 4.79 Å². The van der Waals surface area contributed by atoms with Crippen molar-refractivity contribution in [1.82, 2.24) is 4.98 Å². The second-order valence-electron chi connectivity index (χ2n) is 4.07. The van der Waals surface area contributed by atoms with Crippen LogP contribution in [0.1, 0.15) is 28.5 Å². The monoisotopic (exact) mass is 301 g/mol. The zero-order chi connectivity index (χ0) is 14.9. The van der Waals surface area contributed by atoms with E-state index >= 15 is 0 Å². The van der Waals surface area contributed by atoms with E-state index in [-0.39, 0.29) is 17.4 Å². The summed E-state index contributed by atoms with van der Waals surface area (Å²) in [5.41, 5.74) is 5.50. The summed E-state index contributed by atoms with van der Waals surface area (Å²) in [6, 6.07) is 1.06. The molecular formula is C12H10F3N3OS. The number of hydrogen-bond acceptors (Lipinski definition) is 4. The normalized spacial score (nSPS) is 12.2. The Hall–Kier alpha value is -1.93. The fourth-order valence-electron chi connectivity index (χ4n) is 1.42. The minimum Gasteiger partial charge on any atom is -0.322 e. The highest BCUT2D eigenvalue weighted by Gasteiger charge is 2.15. The van der Waals surface area contributed by atoms with E-state index < -0.39 is 23.4 Å². The highest BCUT2D eigenvalue weighted by Crippen LogP contribution is 2.20. The van der Waals surface area contributed by atoms with E-state index in [0.29, 0.717) is 17.1 Å². The smallest absolute Gasteiger partial charge is 0.275 e. The molecule has 20 heavy (non-hydrogen) atoms. The zero-order valence-corrected chi connectivity index (χ0v) is 11.1. The summed E-state index contributed by atoms with van der Waals surface area (Å²) in [6.07, 6.45) is 0. The number of anilines is 1. The minimum atomic E-state index is -1.59. The summed E-state index contributed by atoms with van der Waals surface area (Å²) in [7, 11) is 0. The lowest BCUT2D eigenvalue weighted by molar-refractivity contribution is 0.102. The zero-order valence-electron chi connectivity index (χ0n) is 10.3. The minimum absolute atomic E-state index is 0.0763. The molecule has 1 unspecified atom stereocenters. The van der Waals surface area contributed by atoms with Crippen LogP contribution in [0.15, 0.2) is 17.5 Å². The van der Waals surface area contributed by atoms with Crippen LogP contribution in [-0.2, 0) is 0 Å². The maximum Gasteiger partial charge on any atom is 0.275 e. The van der Waals surface area contributed by atoms with Gasteiger partial charge in [0.1, 0.15) is 10.7 Å². The quantitative estimate of drug-likeness (QED) is 0.857. The number of nitrogens with two attached hydrogens (primary N) is 1. The van der Waals surface area contributed by atoms with Crippen LogP contribution in [-0.4, -0.2) is 10.9 Å². The number of carbonyl (C=O) groups is 1. The summed E-state index contributed by atoms with van der Waals surface area (Å²) in [5, 5.41) is 4.28. The summed E-state index contributed by atoms with van der Waals surface area (Å²) in [4.78, 5) is 15.8. The number of halogens is 3. The van der Waals surface area contributed by atoms with Crippen molar-refractivity contribution in [3.63, 3.8) is 0 Å². The molecule has 2 rings (SSSR count). The van der Waals surface area contributed by atoms with E-state index in [1.807, 2.05) is 0 Å². The molecule has 1 amide bonds. The summed E-state index contributed by atoms with van der Waals surface area (Å²) in [6.45, 7) is 1.71. The van der Waals surface area contributed by atoms with Gasteiger partial charge in [0.2, 0.25) is 0 Å². The molecule has 0 aliphatic rings. The highest BCUT2D eigenvalue weighted by molar-refractivity contribution is 7.09. The molecule has 1 heterocycles. The van der Waals surface area contributed by atoms with Crippen molar-refractivity contribution < 1.29 is 18.0 Å². The van der Waals surface area contributed by atoms with Crippen molar-refractivity contribution in [2.24, 2.45) is 5.73 Å². The number of aromatic nitrogens is 1. The molecule has 1 aromatic heterocycles. The number of hydrogen-bond donors (Lipinski definition) is 2. The van der Waals surface area contributed by atoms with Gasteiger partial charge in [0.05, 0.1) is 6.04 Å². The Bertz CT molecular complexity index is 634. The fraction of sp³-hybridized carbons (Fsp3) is 0.167. The molecule has 2 aromatic rings. The van der Waals surface area contributed by atoms with E-state index in [1.54, 1.807) is 6.92 Å². The van der Waals surface area contributed by atoms with Gasteiger partial charge in [-0.2, -0.15) is 0 Å². The third-order valence-corrected chi connectivity index (χ3v) is 3.43. The van der Waals surface area contributed by atoms with Gasteiger partial charge in [0.15, 0.2) is 17.5 Å². The number of thiazole rings is 1. The van der Waals surface area contributed by atoms with Crippen LogP contribution in [0, 0.1) is 17.5 Å². The number of nitrogens with one attached hydrogen (secondary N) is 1. The van der Waals surface area contributed by atoms with Gasteiger partial charge in [-0.15, -0.1) is 11.3 Å². The second-order valence-corrected chi connectivity index (χ2v) is 4.96. The van der Waals surface area contributed by atoms with Crippen molar-refractivity contribution in [2.45, 2.75) is 13.0 Å². The molecule has 0 aliphatic heterocycles. The first-order valence-corrected chi connectivity index (χ1v) is 6.43. The molecule has 106 valence electrons. The number of nitrogens with zero attached hydrogens (tertiary/aromatic N) is 1. The standard InChI is InChI=1S/C12H10F3N3OS/c1-5(16)12-18-9(4-20-12)11(19)17-6-2-7(13)10(15)8(14)3-6/h2-5H,16H2,1H3,(H,17,19). The van der Waals surface area contributed by atoms with Gasteiger partial charge in [-0.1, -0.05) is 0 Å². The third-order valence-electron chi connectivity index (χ3n) is 2.39. The Morgan fingerprint density at radius 2 is 1.95 bits per heavy atom. The molecule has 0 spiro atoms. The molecule has 1 aromatic carbocycles. The van der Waals surface area contributed by atoms with Gasteiger partial charge >= 0.3 is 0 Å². The fourth-order valence-corrected chi connectivity index (χ4v) is 2.18. The molecule has 0 saturated carbocycles. The first-order valence-electron chi connectivity index (χ1n) is 5.55. The van der Waals surface area contributed by atoms with Crippen LogP contribution in [0.25, 0.3) is 0 Å². The Kier molecular flexibility index (Phi) is 4.05. The van der Waals surface area contributed by atoms with E-state index in [0.717, 1.165) is 0 Å². The molecule has 0 radical (unpaired) electrons. The van der Waals surface area contributed by atoms with Crippen molar-refractivity contribution >= 4 is 22.9 Å². The lowest BCUT2D eigenvalue weighted by Crippen LogP contribution is -2.14. The average Bonchev–Trinajstić information content (AvgIpc) is 2.85. The van der Waals surface area contributed by atoms with Crippen molar-refractivity contribution in [2.75, 3.05) is 5.32 Å². The Labute approximate surface area is 116 Å². The predicted octanol–water partition coefficient (Wildman–Crippen LogP) is 2.83. The van der Waals surface area contributed by atoms with Crippen LogP contribution in [0.5, 0.6) is 0 Å². The van der Waals surface area contributed by atoms with Gasteiger partial charge in [-0.05, 0) is 6.92 Å². The van der Waals surface area contributed by atoms with E-state index in [4.69, 9.17) is 5.73 Å². The Balaban J connectivity index is 2.19. The van der Waals surface area contributed by atoms with E-state index in [2.05, 4.69) is 10.3 Å². The number of benzene rings is 1. The van der Waals surface area contributed by atoms with Crippen LogP contribution < -0.4 is 11.1 Å². The van der Waals surface area contributed by atoms with Crippen LogP contribution in [0.4, 0.5) is 18.9 Å². The molecule has 1 atom stereocenters. The molecule has 0 aliphatic carbocycles. The Morgan fingerprint density at radius 1 is 1.35 bits per heavy atom. The maximum absolute atomic E-state index is 13.0. The Morgan fingerprint density at radius 3 is 2.45 bits per heavy atom. The summed E-state index contributed by atoms with van der Waals surface area (Å²) in [5.74, 6) is -5.00. The van der Waals surface area contributed by atoms with Gasteiger partial charge < -0.3 is 11.1 Å². The molecular weight excluding hydrogens is 291 g/mol. The van der Waals surface area contributed by atoms with Gasteiger partial charge in [-0.25, -0.2) is 18.2 Å². The molecule has 0 saturated heterocycles. The summed E-state index contributed by atoms with van der Waals surface area (Å²) >= 11 is 1.20. The van der Waals surface area contributed by atoms with Crippen LogP contribution in [0.2, 0.25) is 0 Å². The largest absolute Gasteiger partial charge is 0.322 e. The number of carbonyl (C=O) groups excluding carboxylic acids is 1. The number of rotatable bonds is 3. The topological polar surface area (TPSA) is 68.0 Å². The predicted molar refractivity (Wildman–Crippen MR) is 69.0 cm³/mol. The van der Waals surface area contributed by atoms with Crippen molar-refractivity contribution in [1.29, 1.82) is 0 Å². The molecule has 0 fully saturated rings. The van der Waals surface area contributed by atoms with Gasteiger partial charge in [0.25, 0.3) is 5.91 Å². The van der Waals surface area contributed by atoms with Crippen LogP contribution >= 0.6 is 11.3 Å². The maximum atomic E-state index is 13.0. The van der Waals surface area contributed by atoms with Crippen molar-refractivity contribution in [3.8, 4) is 0 Å². The van der Waals surface area contributed by atoms with Gasteiger partial charge in [0, 0.05) is 23.2 Å².